The van der Waals surface area contributed by atoms with Crippen LogP contribution in [0.25, 0.3) is 0 Å². The topological polar surface area (TPSA) is 12.0 Å². The van der Waals surface area contributed by atoms with E-state index < -0.39 is 0 Å². The first-order valence-electron chi connectivity index (χ1n) is 7.74. The first-order valence-corrected chi connectivity index (χ1v) is 10.1. The minimum Gasteiger partial charge on any atom is -0.380 e. The van der Waals surface area contributed by atoms with Crippen LogP contribution in [0.3, 0.4) is 0 Å². The fraction of sp³-hybridized carbons (Fsp3) is 0.647. The van der Waals surface area contributed by atoms with Gasteiger partial charge in [0.15, 0.2) is 0 Å². The van der Waals surface area contributed by atoms with Crippen molar-refractivity contribution in [1.29, 1.82) is 0 Å². The Morgan fingerprint density at radius 3 is 2.05 bits per heavy atom. The summed E-state index contributed by atoms with van der Waals surface area (Å²) in [5.41, 5.74) is 1.67. The van der Waals surface area contributed by atoms with Crippen LogP contribution in [-0.2, 0) is 0 Å². The first kappa shape index (κ1) is 17.8. The monoisotopic (exact) mass is 479 g/mol. The molecule has 1 saturated carbocycles. The van der Waals surface area contributed by atoms with Gasteiger partial charge in [0.05, 0.1) is 5.69 Å². The van der Waals surface area contributed by atoms with Crippen LogP contribution in [0.4, 0.5) is 5.69 Å². The molecule has 4 heteroatoms. The Balaban J connectivity index is 1.98. The van der Waals surface area contributed by atoms with Crippen molar-refractivity contribution in [3.05, 3.63) is 25.6 Å². The molecule has 1 aromatic carbocycles. The summed E-state index contributed by atoms with van der Waals surface area (Å²) in [5.74, 6) is 0.873. The SMILES string of the molecule is CCC(C)(C)C1CCC(Nc2c(Br)cc(Br)cc2Br)CC1. The molecule has 0 saturated heterocycles. The van der Waals surface area contributed by atoms with E-state index in [2.05, 4.69) is 86.0 Å². The fourth-order valence-electron chi connectivity index (χ4n) is 3.19. The summed E-state index contributed by atoms with van der Waals surface area (Å²) in [6, 6.07) is 4.78. The molecule has 1 fully saturated rings. The molecule has 2 rings (SSSR count). The number of halogens is 3. The quantitative estimate of drug-likeness (QED) is 0.473. The van der Waals surface area contributed by atoms with Gasteiger partial charge in [-0.05, 0) is 81.0 Å². The van der Waals surface area contributed by atoms with E-state index >= 15 is 0 Å². The van der Waals surface area contributed by atoms with E-state index in [4.69, 9.17) is 0 Å². The van der Waals surface area contributed by atoms with Gasteiger partial charge in [0.1, 0.15) is 0 Å². The van der Waals surface area contributed by atoms with E-state index in [1.165, 1.54) is 37.8 Å². The molecule has 0 atom stereocenters. The highest BCUT2D eigenvalue weighted by atomic mass is 79.9. The molecule has 0 radical (unpaired) electrons. The summed E-state index contributed by atoms with van der Waals surface area (Å²) in [6.45, 7) is 7.17. The van der Waals surface area contributed by atoms with Crippen LogP contribution in [0, 0.1) is 11.3 Å². The van der Waals surface area contributed by atoms with Crippen molar-refractivity contribution >= 4 is 53.5 Å². The smallest absolute Gasteiger partial charge is 0.0631 e. The second kappa shape index (κ2) is 7.35. The zero-order chi connectivity index (χ0) is 15.6. The molecule has 1 N–H and O–H groups in total. The molecule has 1 aromatic rings. The van der Waals surface area contributed by atoms with Gasteiger partial charge in [-0.15, -0.1) is 0 Å². The normalized spacial score (nSPS) is 23.1. The Kier molecular flexibility index (Phi) is 6.24. The Morgan fingerprint density at radius 2 is 1.57 bits per heavy atom. The van der Waals surface area contributed by atoms with Crippen molar-refractivity contribution < 1.29 is 0 Å². The van der Waals surface area contributed by atoms with Gasteiger partial charge >= 0.3 is 0 Å². The number of nitrogens with one attached hydrogen (secondary N) is 1. The molecular formula is C17H24Br3N. The van der Waals surface area contributed by atoms with Gasteiger partial charge in [0.25, 0.3) is 0 Å². The zero-order valence-corrected chi connectivity index (χ0v) is 17.7. The van der Waals surface area contributed by atoms with Crippen molar-refractivity contribution in [3.8, 4) is 0 Å². The molecule has 0 heterocycles. The highest BCUT2D eigenvalue weighted by Crippen LogP contribution is 2.42. The number of anilines is 1. The van der Waals surface area contributed by atoms with Crippen LogP contribution in [0.15, 0.2) is 25.6 Å². The number of hydrogen-bond donors (Lipinski definition) is 1. The van der Waals surface area contributed by atoms with Crippen LogP contribution < -0.4 is 5.32 Å². The first-order chi connectivity index (χ1) is 9.83. The van der Waals surface area contributed by atoms with Crippen LogP contribution in [-0.4, -0.2) is 6.04 Å². The summed E-state index contributed by atoms with van der Waals surface area (Å²) >= 11 is 10.8. The van der Waals surface area contributed by atoms with Crippen LogP contribution in [0.5, 0.6) is 0 Å². The highest BCUT2D eigenvalue weighted by molar-refractivity contribution is 9.11. The second-order valence-corrected chi connectivity index (χ2v) is 9.40. The molecule has 1 aliphatic carbocycles. The minimum absolute atomic E-state index is 0.490. The molecule has 1 nitrogen and oxygen atoms in total. The Bertz CT molecular complexity index is 468. The zero-order valence-electron chi connectivity index (χ0n) is 13.0. The summed E-state index contributed by atoms with van der Waals surface area (Å²) in [4.78, 5) is 0. The highest BCUT2D eigenvalue weighted by Gasteiger charge is 2.31. The minimum atomic E-state index is 0.490. The Hall–Kier alpha value is 0.460. The van der Waals surface area contributed by atoms with Gasteiger partial charge in [-0.2, -0.15) is 0 Å². The molecule has 0 aliphatic heterocycles. The van der Waals surface area contributed by atoms with Gasteiger partial charge in [-0.1, -0.05) is 43.1 Å². The van der Waals surface area contributed by atoms with Gasteiger partial charge in [0.2, 0.25) is 0 Å². The van der Waals surface area contributed by atoms with Crippen molar-refractivity contribution in [1.82, 2.24) is 0 Å². The van der Waals surface area contributed by atoms with E-state index in [0.717, 1.165) is 19.3 Å². The predicted octanol–water partition coefficient (Wildman–Crippen LogP) is 7.38. The Labute approximate surface area is 154 Å². The van der Waals surface area contributed by atoms with Gasteiger partial charge in [-0.25, -0.2) is 0 Å². The van der Waals surface area contributed by atoms with Gasteiger partial charge < -0.3 is 5.32 Å². The summed E-state index contributed by atoms with van der Waals surface area (Å²) in [6.07, 6.45) is 6.49. The maximum atomic E-state index is 3.72. The van der Waals surface area contributed by atoms with Crippen molar-refractivity contribution in [2.24, 2.45) is 11.3 Å². The third-order valence-electron chi connectivity index (χ3n) is 5.10. The summed E-state index contributed by atoms with van der Waals surface area (Å²) < 4.78 is 3.31. The van der Waals surface area contributed by atoms with Crippen molar-refractivity contribution in [3.63, 3.8) is 0 Å². The van der Waals surface area contributed by atoms with E-state index in [1.54, 1.807) is 0 Å². The third kappa shape index (κ3) is 4.48. The standard InChI is InChI=1S/C17H24Br3N/c1-4-17(2,3)11-5-7-13(8-6-11)21-16-14(19)9-12(18)10-15(16)20/h9-11,13,21H,4-8H2,1-3H3. The van der Waals surface area contributed by atoms with E-state index in [9.17, 15) is 0 Å². The molecule has 118 valence electrons. The predicted molar refractivity (Wildman–Crippen MR) is 103 cm³/mol. The van der Waals surface area contributed by atoms with E-state index in [0.29, 0.717) is 11.5 Å². The van der Waals surface area contributed by atoms with E-state index in [-0.39, 0.29) is 0 Å². The van der Waals surface area contributed by atoms with Gasteiger partial charge in [-0.3, -0.25) is 0 Å². The Morgan fingerprint density at radius 1 is 1.05 bits per heavy atom. The molecule has 21 heavy (non-hydrogen) atoms. The average Bonchev–Trinajstić information content (AvgIpc) is 2.43. The summed E-state index contributed by atoms with van der Waals surface area (Å²) in [7, 11) is 0. The van der Waals surface area contributed by atoms with Crippen LogP contribution >= 0.6 is 47.8 Å². The average molecular weight is 482 g/mol. The molecule has 0 bridgehead atoms. The van der Waals surface area contributed by atoms with Crippen LogP contribution in [0.1, 0.15) is 52.9 Å². The molecule has 0 amide bonds. The third-order valence-corrected chi connectivity index (χ3v) is 6.81. The van der Waals surface area contributed by atoms with Gasteiger partial charge in [0, 0.05) is 19.5 Å². The summed E-state index contributed by atoms with van der Waals surface area (Å²) in [5, 5.41) is 3.72. The van der Waals surface area contributed by atoms with Crippen LogP contribution in [0.2, 0.25) is 0 Å². The maximum Gasteiger partial charge on any atom is 0.0631 e. The number of benzene rings is 1. The second-order valence-electron chi connectivity index (χ2n) is 6.78. The molecular weight excluding hydrogens is 458 g/mol. The number of rotatable bonds is 4. The van der Waals surface area contributed by atoms with Crippen molar-refractivity contribution in [2.45, 2.75) is 58.9 Å². The fourth-order valence-corrected chi connectivity index (χ4v) is 5.68. The molecule has 0 unspecified atom stereocenters. The maximum absolute atomic E-state index is 3.72. The lowest BCUT2D eigenvalue weighted by Gasteiger charge is -2.39. The lowest BCUT2D eigenvalue weighted by Crippen LogP contribution is -2.32. The lowest BCUT2D eigenvalue weighted by molar-refractivity contribution is 0.147. The van der Waals surface area contributed by atoms with E-state index in [1.807, 2.05) is 0 Å². The largest absolute Gasteiger partial charge is 0.380 e. The van der Waals surface area contributed by atoms with Crippen molar-refractivity contribution in [2.75, 3.05) is 5.32 Å². The molecule has 1 aliphatic rings. The molecule has 0 aromatic heterocycles. The molecule has 0 spiro atoms. The lowest BCUT2D eigenvalue weighted by atomic mass is 9.69. The number of hydrogen-bond acceptors (Lipinski definition) is 1.